The molecule has 0 bridgehead atoms. The van der Waals surface area contributed by atoms with E-state index in [2.05, 4.69) is 0 Å². The third-order valence-corrected chi connectivity index (χ3v) is 8.56. The smallest absolute Gasteiger partial charge is 0.222 e. The number of hydrogen-bond donors (Lipinski definition) is 2. The van der Waals surface area contributed by atoms with Gasteiger partial charge in [-0.05, 0) is 75.0 Å². The number of unbranched alkanes of at least 4 members (excludes halogenated alkanes) is 1. The van der Waals surface area contributed by atoms with Crippen molar-refractivity contribution in [2.75, 3.05) is 26.8 Å². The average molecular weight is 507 g/mol. The molecule has 1 heterocycles. The van der Waals surface area contributed by atoms with Gasteiger partial charge < -0.3 is 20.5 Å². The lowest BCUT2D eigenvalue weighted by Gasteiger charge is -2.43. The van der Waals surface area contributed by atoms with Crippen molar-refractivity contribution in [2.45, 2.75) is 102 Å². The Morgan fingerprint density at radius 1 is 1.20 bits per heavy atom. The molecule has 2 fully saturated rings. The number of methoxy groups -OCH3 is 1. The summed E-state index contributed by atoms with van der Waals surface area (Å²) < 4.78 is 5.21. The van der Waals surface area contributed by atoms with E-state index in [9.17, 15) is 9.90 Å². The number of likely N-dealkylation sites (tertiary alicyclic amines) is 1. The van der Waals surface area contributed by atoms with E-state index in [1.54, 1.807) is 7.11 Å². The third kappa shape index (κ3) is 8.73. The van der Waals surface area contributed by atoms with E-state index in [1.165, 1.54) is 38.5 Å². The van der Waals surface area contributed by atoms with E-state index in [1.807, 2.05) is 29.2 Å². The van der Waals surface area contributed by atoms with Crippen LogP contribution >= 0.6 is 11.6 Å². The van der Waals surface area contributed by atoms with Crippen LogP contribution in [0.1, 0.15) is 95.5 Å². The first-order valence-corrected chi connectivity index (χ1v) is 14.3. The molecule has 1 aliphatic carbocycles. The highest BCUT2D eigenvalue weighted by Gasteiger charge is 2.41. The second-order valence-electron chi connectivity index (χ2n) is 10.9. The Morgan fingerprint density at radius 2 is 2.00 bits per heavy atom. The zero-order chi connectivity index (χ0) is 25.1. The largest absolute Gasteiger partial charge is 0.385 e. The maximum atomic E-state index is 13.1. The predicted octanol–water partition coefficient (Wildman–Crippen LogP) is 6.05. The zero-order valence-corrected chi connectivity index (χ0v) is 22.5. The van der Waals surface area contributed by atoms with Crippen molar-refractivity contribution in [1.82, 2.24) is 4.90 Å². The summed E-state index contributed by atoms with van der Waals surface area (Å²) in [7, 11) is 1.70. The first-order chi connectivity index (χ1) is 16.9. The van der Waals surface area contributed by atoms with Crippen molar-refractivity contribution in [3.63, 3.8) is 0 Å². The molecule has 5 nitrogen and oxygen atoms in total. The van der Waals surface area contributed by atoms with Crippen molar-refractivity contribution >= 4 is 17.5 Å². The van der Waals surface area contributed by atoms with Gasteiger partial charge in [0.1, 0.15) is 0 Å². The lowest BCUT2D eigenvalue weighted by atomic mass is 9.74. The molecule has 3 rings (SSSR count). The first kappa shape index (κ1) is 28.4. The van der Waals surface area contributed by atoms with Crippen LogP contribution in [0.5, 0.6) is 0 Å². The summed E-state index contributed by atoms with van der Waals surface area (Å²) in [6, 6.07) is 7.69. The number of rotatable bonds is 13. The summed E-state index contributed by atoms with van der Waals surface area (Å²) >= 11 is 6.29. The van der Waals surface area contributed by atoms with Crippen molar-refractivity contribution in [1.29, 1.82) is 0 Å². The molecule has 6 heteroatoms. The minimum absolute atomic E-state index is 0.0128. The molecule has 1 saturated carbocycles. The van der Waals surface area contributed by atoms with Crippen molar-refractivity contribution < 1.29 is 14.6 Å². The fourth-order valence-electron chi connectivity index (χ4n) is 6.11. The molecule has 0 radical (unpaired) electrons. The van der Waals surface area contributed by atoms with Crippen LogP contribution in [0.25, 0.3) is 0 Å². The average Bonchev–Trinajstić information content (AvgIpc) is 2.89. The molecule has 0 spiro atoms. The van der Waals surface area contributed by atoms with Crippen LogP contribution in [0.4, 0.5) is 0 Å². The van der Waals surface area contributed by atoms with Crippen LogP contribution in [0.3, 0.4) is 0 Å². The number of piperidine rings is 1. The van der Waals surface area contributed by atoms with Crippen molar-refractivity contribution in [3.05, 3.63) is 34.9 Å². The Balaban J connectivity index is 1.55. The second kappa shape index (κ2) is 14.6. The number of halogens is 1. The monoisotopic (exact) mass is 506 g/mol. The number of hydrogen-bond acceptors (Lipinski definition) is 4. The highest BCUT2D eigenvalue weighted by atomic mass is 35.5. The number of aliphatic hydroxyl groups is 1. The van der Waals surface area contributed by atoms with E-state index in [-0.39, 0.29) is 17.9 Å². The van der Waals surface area contributed by atoms with Gasteiger partial charge in [0.2, 0.25) is 5.91 Å². The normalized spacial score (nSPS) is 22.1. The summed E-state index contributed by atoms with van der Waals surface area (Å²) in [6.07, 6.45) is 14.5. The molecule has 1 aromatic rings. The van der Waals surface area contributed by atoms with Crippen LogP contribution in [-0.2, 0) is 15.1 Å². The molecule has 0 unspecified atom stereocenters. The van der Waals surface area contributed by atoms with Gasteiger partial charge in [0.25, 0.3) is 0 Å². The first-order valence-electron chi connectivity index (χ1n) is 13.9. The Bertz CT molecular complexity index is 770. The van der Waals surface area contributed by atoms with Crippen LogP contribution in [0.15, 0.2) is 24.3 Å². The van der Waals surface area contributed by atoms with E-state index in [4.69, 9.17) is 22.1 Å². The molecule has 198 valence electrons. The standard InChI is InChI=1S/C29H47ClN2O3/c1-35-20-6-5-18-29(34,24-11-7-13-26(30)21-24)25-12-8-19-32(22-25)28(33)17-16-27(31)15-14-23-9-3-2-4-10-23/h7,11,13,21,23,25,27,34H,2-6,8-10,12,14-20,22,31H2,1H3/t25-,27+,29-/m1/s1. The van der Waals surface area contributed by atoms with Gasteiger partial charge >= 0.3 is 0 Å². The molecule has 35 heavy (non-hydrogen) atoms. The molecule has 1 amide bonds. The van der Waals surface area contributed by atoms with Crippen LogP contribution in [-0.4, -0.2) is 48.8 Å². The number of nitrogens with two attached hydrogens (primary N) is 1. The molecular formula is C29H47ClN2O3. The molecule has 2 aliphatic rings. The summed E-state index contributed by atoms with van der Waals surface area (Å²) in [6.45, 7) is 2.04. The molecule has 0 aromatic heterocycles. The number of carbonyl (C=O) groups excluding carboxylic acids is 1. The van der Waals surface area contributed by atoms with Gasteiger partial charge in [0.15, 0.2) is 0 Å². The highest BCUT2D eigenvalue weighted by Crippen LogP contribution is 2.40. The minimum atomic E-state index is -1.01. The van der Waals surface area contributed by atoms with Gasteiger partial charge in [-0.15, -0.1) is 0 Å². The predicted molar refractivity (Wildman–Crippen MR) is 143 cm³/mol. The number of benzene rings is 1. The van der Waals surface area contributed by atoms with Gasteiger partial charge in [-0.3, -0.25) is 4.79 Å². The molecule has 1 aromatic carbocycles. The zero-order valence-electron chi connectivity index (χ0n) is 21.7. The molecule has 1 saturated heterocycles. The Morgan fingerprint density at radius 3 is 2.74 bits per heavy atom. The van der Waals surface area contributed by atoms with E-state index in [0.717, 1.165) is 56.6 Å². The minimum Gasteiger partial charge on any atom is -0.385 e. The quantitative estimate of drug-likeness (QED) is 0.319. The van der Waals surface area contributed by atoms with Crippen LogP contribution in [0, 0.1) is 11.8 Å². The lowest BCUT2D eigenvalue weighted by molar-refractivity contribution is -0.137. The number of amides is 1. The van der Waals surface area contributed by atoms with Gasteiger partial charge in [0.05, 0.1) is 5.60 Å². The fourth-order valence-corrected chi connectivity index (χ4v) is 6.30. The van der Waals surface area contributed by atoms with E-state index < -0.39 is 5.60 Å². The Labute approximate surface area is 217 Å². The van der Waals surface area contributed by atoms with Gasteiger partial charge in [-0.1, -0.05) is 55.8 Å². The summed E-state index contributed by atoms with van der Waals surface area (Å²) in [5.41, 5.74) is 6.25. The Kier molecular flexibility index (Phi) is 11.8. The summed E-state index contributed by atoms with van der Waals surface area (Å²) in [5.74, 6) is 0.998. The van der Waals surface area contributed by atoms with Gasteiger partial charge in [0, 0.05) is 50.2 Å². The van der Waals surface area contributed by atoms with Crippen LogP contribution < -0.4 is 5.73 Å². The molecule has 3 N–H and O–H groups in total. The Hall–Kier alpha value is -1.14. The maximum absolute atomic E-state index is 13.1. The molecular weight excluding hydrogens is 460 g/mol. The maximum Gasteiger partial charge on any atom is 0.222 e. The third-order valence-electron chi connectivity index (χ3n) is 8.33. The number of nitrogens with zero attached hydrogens (tertiary/aromatic N) is 1. The highest BCUT2D eigenvalue weighted by molar-refractivity contribution is 6.30. The molecule has 3 atom stereocenters. The lowest BCUT2D eigenvalue weighted by Crippen LogP contribution is -2.48. The molecule has 1 aliphatic heterocycles. The number of carbonyl (C=O) groups is 1. The van der Waals surface area contributed by atoms with Gasteiger partial charge in [-0.25, -0.2) is 0 Å². The number of ether oxygens (including phenoxy) is 1. The van der Waals surface area contributed by atoms with Gasteiger partial charge in [-0.2, -0.15) is 0 Å². The SMILES string of the molecule is COCCCC[C@@](O)(c1cccc(Cl)c1)[C@@H]1CCCN(C(=O)CC[C@@H](N)CCC2CCCCC2)C1. The fraction of sp³-hybridized carbons (Fsp3) is 0.759. The van der Waals surface area contributed by atoms with E-state index in [0.29, 0.717) is 31.0 Å². The topological polar surface area (TPSA) is 75.8 Å². The summed E-state index contributed by atoms with van der Waals surface area (Å²) in [4.78, 5) is 15.1. The van der Waals surface area contributed by atoms with Crippen molar-refractivity contribution in [3.8, 4) is 0 Å². The second-order valence-corrected chi connectivity index (χ2v) is 11.4. The van der Waals surface area contributed by atoms with E-state index >= 15 is 0 Å². The van der Waals surface area contributed by atoms with Crippen molar-refractivity contribution in [2.24, 2.45) is 17.6 Å². The van der Waals surface area contributed by atoms with Crippen LogP contribution in [0.2, 0.25) is 5.02 Å². The summed E-state index contributed by atoms with van der Waals surface area (Å²) in [5, 5.41) is 12.6.